The van der Waals surface area contributed by atoms with Crippen LogP contribution in [0.2, 0.25) is 23.2 Å². The van der Waals surface area contributed by atoms with E-state index < -0.39 is 57.6 Å². The Morgan fingerprint density at radius 2 is 1.70 bits per heavy atom. The van der Waals surface area contributed by atoms with Gasteiger partial charge in [-0.25, -0.2) is 17.2 Å². The van der Waals surface area contributed by atoms with Crippen LogP contribution in [-0.2, 0) is 20.7 Å². The fraction of sp³-hybridized carbons (Fsp3) is 0.455. The van der Waals surface area contributed by atoms with Crippen LogP contribution in [0.25, 0.3) is 11.1 Å². The van der Waals surface area contributed by atoms with Crippen LogP contribution in [0.3, 0.4) is 0 Å². The molecule has 1 aliphatic rings. The van der Waals surface area contributed by atoms with Gasteiger partial charge in [-0.3, -0.25) is 0 Å². The predicted molar refractivity (Wildman–Crippen MR) is 120 cm³/mol. The fourth-order valence-corrected chi connectivity index (χ4v) is 6.00. The van der Waals surface area contributed by atoms with Crippen molar-refractivity contribution in [3.05, 3.63) is 52.5 Å². The van der Waals surface area contributed by atoms with Crippen LogP contribution in [0.5, 0.6) is 0 Å². The van der Waals surface area contributed by atoms with Gasteiger partial charge >= 0.3 is 5.51 Å². The summed E-state index contributed by atoms with van der Waals surface area (Å²) in [5.74, 6) is -3.61. The van der Waals surface area contributed by atoms with Crippen LogP contribution in [0, 0.1) is 0 Å². The van der Waals surface area contributed by atoms with E-state index in [0.717, 1.165) is 12.1 Å². The van der Waals surface area contributed by atoms with Crippen LogP contribution in [-0.4, -0.2) is 28.2 Å². The number of benzene rings is 2. The van der Waals surface area contributed by atoms with E-state index in [9.17, 15) is 21.6 Å². The monoisotopic (exact) mass is 526 g/mol. The Kier molecular flexibility index (Phi) is 6.36. The quantitative estimate of drug-likeness (QED) is 0.305. The first-order valence-electron chi connectivity index (χ1n) is 10.1. The molecular formula is C22H24ClF5O3SSi. The van der Waals surface area contributed by atoms with Crippen LogP contribution in [0.4, 0.5) is 22.0 Å². The topological polar surface area (TPSA) is 43.4 Å². The normalized spacial score (nSPS) is 18.9. The van der Waals surface area contributed by atoms with Gasteiger partial charge in [0.1, 0.15) is 6.10 Å². The lowest BCUT2D eigenvalue weighted by Crippen LogP contribution is -2.44. The summed E-state index contributed by atoms with van der Waals surface area (Å²) in [6, 6.07) is 8.04. The van der Waals surface area contributed by atoms with Crippen molar-refractivity contribution in [1.29, 1.82) is 0 Å². The standard InChI is InChI=1S/C22H24ClF5O3SSi/c1-20(2,3)33(4,5)31-19-18-16(12-21(19,24)25)15(13-7-6-8-14(23)11-13)9-10-17(18)32(29,30)22(26,27)28/h6-11,19H,12H2,1-5H3. The predicted octanol–water partition coefficient (Wildman–Crippen LogP) is 7.55. The zero-order valence-electron chi connectivity index (χ0n) is 18.6. The molecular weight excluding hydrogens is 503 g/mol. The maximum absolute atomic E-state index is 15.4. The van der Waals surface area contributed by atoms with Crippen molar-refractivity contribution in [2.45, 2.75) is 67.8 Å². The second-order valence-electron chi connectivity index (χ2n) is 9.66. The number of alkyl halides is 5. The highest BCUT2D eigenvalue weighted by Gasteiger charge is 2.57. The van der Waals surface area contributed by atoms with Crippen LogP contribution in [0.15, 0.2) is 41.3 Å². The Balaban J connectivity index is 2.35. The lowest BCUT2D eigenvalue weighted by Gasteiger charge is -2.40. The molecule has 3 nitrogen and oxygen atoms in total. The molecule has 1 unspecified atom stereocenters. The molecule has 1 atom stereocenters. The molecule has 0 saturated carbocycles. The van der Waals surface area contributed by atoms with Gasteiger partial charge in [0.25, 0.3) is 15.8 Å². The third kappa shape index (κ3) is 4.59. The second kappa shape index (κ2) is 8.03. The maximum Gasteiger partial charge on any atom is 0.501 e. The highest BCUT2D eigenvalue weighted by atomic mass is 35.5. The first-order chi connectivity index (χ1) is 14.8. The van der Waals surface area contributed by atoms with Crippen molar-refractivity contribution in [2.24, 2.45) is 0 Å². The molecule has 182 valence electrons. The van der Waals surface area contributed by atoms with E-state index in [-0.39, 0.29) is 11.1 Å². The number of halogens is 6. The molecule has 0 bridgehead atoms. The van der Waals surface area contributed by atoms with Gasteiger partial charge in [-0.1, -0.05) is 50.6 Å². The van der Waals surface area contributed by atoms with Crippen molar-refractivity contribution in [1.82, 2.24) is 0 Å². The molecule has 0 fully saturated rings. The van der Waals surface area contributed by atoms with Crippen LogP contribution in [0.1, 0.15) is 38.0 Å². The summed E-state index contributed by atoms with van der Waals surface area (Å²) < 4.78 is 102. The number of fused-ring (bicyclic) bond motifs is 1. The average molecular weight is 527 g/mol. The third-order valence-electron chi connectivity index (χ3n) is 6.32. The van der Waals surface area contributed by atoms with E-state index in [0.29, 0.717) is 10.6 Å². The minimum atomic E-state index is -5.91. The van der Waals surface area contributed by atoms with Crippen molar-refractivity contribution in [2.75, 3.05) is 0 Å². The lowest BCUT2D eigenvalue weighted by molar-refractivity contribution is -0.0910. The van der Waals surface area contributed by atoms with E-state index in [1.165, 1.54) is 6.07 Å². The first-order valence-corrected chi connectivity index (χ1v) is 14.9. The fourth-order valence-electron chi connectivity index (χ4n) is 3.56. The number of hydrogen-bond acceptors (Lipinski definition) is 3. The third-order valence-corrected chi connectivity index (χ3v) is 12.5. The molecule has 11 heteroatoms. The van der Waals surface area contributed by atoms with Crippen molar-refractivity contribution in [3.8, 4) is 11.1 Å². The van der Waals surface area contributed by atoms with Crippen molar-refractivity contribution >= 4 is 29.8 Å². The molecule has 0 radical (unpaired) electrons. The average Bonchev–Trinajstić information content (AvgIpc) is 2.89. The van der Waals surface area contributed by atoms with E-state index >= 15 is 8.78 Å². The van der Waals surface area contributed by atoms with Gasteiger partial charge in [-0.15, -0.1) is 0 Å². The highest BCUT2D eigenvalue weighted by molar-refractivity contribution is 7.92. The largest absolute Gasteiger partial charge is 0.501 e. The summed E-state index contributed by atoms with van der Waals surface area (Å²) >= 11 is 6.02. The summed E-state index contributed by atoms with van der Waals surface area (Å²) in [5, 5.41) is -0.244. The minimum Gasteiger partial charge on any atom is -0.404 e. The molecule has 0 aliphatic heterocycles. The van der Waals surface area contributed by atoms with Crippen molar-refractivity contribution < 1.29 is 34.8 Å². The molecule has 2 aromatic rings. The molecule has 2 aromatic carbocycles. The Hall–Kier alpha value is -1.49. The zero-order valence-corrected chi connectivity index (χ0v) is 21.2. The minimum absolute atomic E-state index is 0.184. The summed E-state index contributed by atoms with van der Waals surface area (Å²) in [5.41, 5.74) is -5.89. The van der Waals surface area contributed by atoms with Gasteiger partial charge in [-0.2, -0.15) is 13.2 Å². The Bertz CT molecular complexity index is 1190. The van der Waals surface area contributed by atoms with E-state index in [4.69, 9.17) is 16.0 Å². The summed E-state index contributed by atoms with van der Waals surface area (Å²) in [6.07, 6.45) is -3.08. The Morgan fingerprint density at radius 3 is 2.21 bits per heavy atom. The van der Waals surface area contributed by atoms with Gasteiger partial charge in [-0.05, 0) is 53.0 Å². The van der Waals surface area contributed by atoms with Gasteiger partial charge in [0.15, 0.2) is 8.32 Å². The molecule has 0 spiro atoms. The molecule has 0 amide bonds. The molecule has 0 aromatic heterocycles. The van der Waals surface area contributed by atoms with Crippen LogP contribution >= 0.6 is 11.6 Å². The van der Waals surface area contributed by atoms with E-state index in [1.54, 1.807) is 52.1 Å². The van der Waals surface area contributed by atoms with Gasteiger partial charge in [0.2, 0.25) is 0 Å². The maximum atomic E-state index is 15.4. The Labute approximate surface area is 196 Å². The van der Waals surface area contributed by atoms with Gasteiger partial charge in [0, 0.05) is 17.0 Å². The summed E-state index contributed by atoms with van der Waals surface area (Å²) in [6.45, 7) is 8.74. The SMILES string of the molecule is CC(C)(C)[Si](C)(C)OC1c2c(S(=O)(=O)C(F)(F)F)ccc(-c3cccc(Cl)c3)c2CC1(F)F. The zero-order chi connectivity index (χ0) is 25.2. The molecule has 1 aliphatic carbocycles. The molecule has 33 heavy (non-hydrogen) atoms. The van der Waals surface area contributed by atoms with Gasteiger partial charge in [0.05, 0.1) is 4.90 Å². The number of sulfone groups is 1. The molecule has 0 N–H and O–H groups in total. The molecule has 3 rings (SSSR count). The van der Waals surface area contributed by atoms with E-state index in [2.05, 4.69) is 0 Å². The number of rotatable bonds is 4. The van der Waals surface area contributed by atoms with Crippen LogP contribution < -0.4 is 0 Å². The second-order valence-corrected chi connectivity index (χ2v) is 16.8. The highest BCUT2D eigenvalue weighted by Crippen LogP contribution is 2.54. The summed E-state index contributed by atoms with van der Waals surface area (Å²) in [7, 11) is -8.84. The Morgan fingerprint density at radius 1 is 1.09 bits per heavy atom. The first kappa shape index (κ1) is 26.1. The van der Waals surface area contributed by atoms with E-state index in [1.807, 2.05) is 0 Å². The molecule has 0 heterocycles. The summed E-state index contributed by atoms with van der Waals surface area (Å²) in [4.78, 5) is -1.20. The smallest absolute Gasteiger partial charge is 0.404 e. The molecule has 0 saturated heterocycles. The number of hydrogen-bond donors (Lipinski definition) is 0. The lowest BCUT2D eigenvalue weighted by atomic mass is 9.96. The van der Waals surface area contributed by atoms with Crippen molar-refractivity contribution in [3.63, 3.8) is 0 Å². The van der Waals surface area contributed by atoms with Gasteiger partial charge < -0.3 is 4.43 Å².